The van der Waals surface area contributed by atoms with E-state index in [4.69, 9.17) is 9.47 Å². The molecule has 1 aromatic rings. The highest BCUT2D eigenvalue weighted by Gasteiger charge is 2.28. The van der Waals surface area contributed by atoms with Gasteiger partial charge in [0.25, 0.3) is 0 Å². The monoisotopic (exact) mass is 516 g/mol. The fourth-order valence-electron chi connectivity index (χ4n) is 4.52. The van der Waals surface area contributed by atoms with Crippen molar-refractivity contribution in [2.24, 2.45) is 10.8 Å². The Bertz CT molecular complexity index is 879. The number of carbonyl (C=O) groups excluding carboxylic acids is 2. The SMILES string of the molecule is COC(=O)C(C)(C)CCCCCC/C=C(\CCCCCCC(C)(C)C(=O)OC)c1ccc(C(=O)O)cc1. The summed E-state index contributed by atoms with van der Waals surface area (Å²) in [4.78, 5) is 34.9. The van der Waals surface area contributed by atoms with Crippen molar-refractivity contribution in [2.45, 2.75) is 105 Å². The molecule has 37 heavy (non-hydrogen) atoms. The number of esters is 2. The van der Waals surface area contributed by atoms with Gasteiger partial charge < -0.3 is 14.6 Å². The van der Waals surface area contributed by atoms with Crippen LogP contribution in [-0.2, 0) is 19.1 Å². The van der Waals surface area contributed by atoms with Gasteiger partial charge >= 0.3 is 17.9 Å². The molecule has 0 radical (unpaired) electrons. The zero-order valence-electron chi connectivity index (χ0n) is 23.9. The van der Waals surface area contributed by atoms with E-state index in [2.05, 4.69) is 6.08 Å². The fraction of sp³-hybridized carbons (Fsp3) is 0.645. The van der Waals surface area contributed by atoms with E-state index in [1.807, 2.05) is 39.8 Å². The van der Waals surface area contributed by atoms with Gasteiger partial charge in [-0.25, -0.2) is 4.79 Å². The molecule has 0 bridgehead atoms. The number of unbranched alkanes of at least 4 members (excludes halogenated alkanes) is 7. The molecule has 6 heteroatoms. The number of benzene rings is 1. The molecule has 0 unspecified atom stereocenters. The molecule has 1 N–H and O–H groups in total. The Balaban J connectivity index is 2.57. The van der Waals surface area contributed by atoms with Gasteiger partial charge in [-0.1, -0.05) is 56.7 Å². The highest BCUT2D eigenvalue weighted by molar-refractivity contribution is 5.88. The number of hydrogen-bond donors (Lipinski definition) is 1. The van der Waals surface area contributed by atoms with Gasteiger partial charge in [0.2, 0.25) is 0 Å². The van der Waals surface area contributed by atoms with Gasteiger partial charge in [0, 0.05) is 0 Å². The van der Waals surface area contributed by atoms with E-state index in [1.54, 1.807) is 12.1 Å². The van der Waals surface area contributed by atoms with Gasteiger partial charge in [-0.2, -0.15) is 0 Å². The largest absolute Gasteiger partial charge is 0.478 e. The Labute approximate surface area is 223 Å². The van der Waals surface area contributed by atoms with Crippen LogP contribution in [0.25, 0.3) is 5.57 Å². The minimum Gasteiger partial charge on any atom is -0.478 e. The Kier molecular flexibility index (Phi) is 14.2. The first-order valence-electron chi connectivity index (χ1n) is 13.6. The summed E-state index contributed by atoms with van der Waals surface area (Å²) in [5.74, 6) is -1.22. The second-order valence-corrected chi connectivity index (χ2v) is 11.2. The fourth-order valence-corrected chi connectivity index (χ4v) is 4.52. The lowest BCUT2D eigenvalue weighted by molar-refractivity contribution is -0.151. The van der Waals surface area contributed by atoms with Crippen molar-refractivity contribution in [1.29, 1.82) is 0 Å². The molecule has 0 atom stereocenters. The maximum absolute atomic E-state index is 11.8. The number of rotatable bonds is 18. The molecule has 0 heterocycles. The number of carbonyl (C=O) groups is 3. The van der Waals surface area contributed by atoms with Gasteiger partial charge in [-0.3, -0.25) is 9.59 Å². The summed E-state index contributed by atoms with van der Waals surface area (Å²) in [6.07, 6.45) is 14.3. The van der Waals surface area contributed by atoms with E-state index in [0.717, 1.165) is 82.6 Å². The molecule has 0 aromatic heterocycles. The number of ether oxygens (including phenoxy) is 2. The second kappa shape index (κ2) is 16.3. The zero-order chi connectivity index (χ0) is 27.9. The summed E-state index contributed by atoms with van der Waals surface area (Å²) in [6, 6.07) is 7.15. The van der Waals surface area contributed by atoms with Gasteiger partial charge in [0.1, 0.15) is 0 Å². The maximum atomic E-state index is 11.8. The molecule has 0 spiro atoms. The van der Waals surface area contributed by atoms with E-state index in [0.29, 0.717) is 5.56 Å². The molecule has 0 amide bonds. The molecule has 1 rings (SSSR count). The van der Waals surface area contributed by atoms with Crippen molar-refractivity contribution in [2.75, 3.05) is 14.2 Å². The summed E-state index contributed by atoms with van der Waals surface area (Å²) in [5, 5.41) is 9.22. The number of hydrogen-bond acceptors (Lipinski definition) is 5. The molecule has 1 aromatic carbocycles. The predicted molar refractivity (Wildman–Crippen MR) is 148 cm³/mol. The Hall–Kier alpha value is -2.63. The van der Waals surface area contributed by atoms with E-state index in [9.17, 15) is 19.5 Å². The molecule has 0 aliphatic rings. The quantitative estimate of drug-likeness (QED) is 0.158. The molecule has 208 valence electrons. The van der Waals surface area contributed by atoms with Crippen molar-refractivity contribution in [3.8, 4) is 0 Å². The van der Waals surface area contributed by atoms with Crippen molar-refractivity contribution in [3.05, 3.63) is 41.5 Å². The van der Waals surface area contributed by atoms with Gasteiger partial charge in [-0.15, -0.1) is 0 Å². The number of carboxylic acids is 1. The molecule has 0 saturated carbocycles. The maximum Gasteiger partial charge on any atom is 0.335 e. The molecule has 0 aliphatic heterocycles. The number of aromatic carboxylic acids is 1. The van der Waals surface area contributed by atoms with E-state index in [-0.39, 0.29) is 11.9 Å². The van der Waals surface area contributed by atoms with Gasteiger partial charge in [0.05, 0.1) is 30.6 Å². The van der Waals surface area contributed by atoms with Crippen LogP contribution < -0.4 is 0 Å². The van der Waals surface area contributed by atoms with Gasteiger partial charge in [-0.05, 0) is 89.5 Å². The van der Waals surface area contributed by atoms with Crippen LogP contribution in [0, 0.1) is 10.8 Å². The van der Waals surface area contributed by atoms with Crippen molar-refractivity contribution in [1.82, 2.24) is 0 Å². The lowest BCUT2D eigenvalue weighted by Gasteiger charge is -2.21. The average Bonchev–Trinajstić information content (AvgIpc) is 2.87. The first kappa shape index (κ1) is 32.4. The van der Waals surface area contributed by atoms with E-state index in [1.165, 1.54) is 19.8 Å². The van der Waals surface area contributed by atoms with Crippen molar-refractivity contribution >= 4 is 23.5 Å². The highest BCUT2D eigenvalue weighted by atomic mass is 16.5. The summed E-state index contributed by atoms with van der Waals surface area (Å²) in [7, 11) is 2.88. The van der Waals surface area contributed by atoms with E-state index < -0.39 is 16.8 Å². The average molecular weight is 517 g/mol. The molecule has 0 aliphatic carbocycles. The lowest BCUT2D eigenvalue weighted by Crippen LogP contribution is -2.25. The summed E-state index contributed by atoms with van der Waals surface area (Å²) in [5.41, 5.74) is 1.77. The van der Waals surface area contributed by atoms with Gasteiger partial charge in [0.15, 0.2) is 0 Å². The van der Waals surface area contributed by atoms with Crippen LogP contribution in [-0.4, -0.2) is 37.2 Å². The number of methoxy groups -OCH3 is 2. The Morgan fingerprint density at radius 1 is 0.703 bits per heavy atom. The summed E-state index contributed by atoms with van der Waals surface area (Å²) in [6.45, 7) is 7.73. The van der Waals surface area contributed by atoms with Crippen LogP contribution in [0.15, 0.2) is 30.3 Å². The minimum absolute atomic E-state index is 0.152. The third-order valence-electron chi connectivity index (χ3n) is 7.12. The third-order valence-corrected chi connectivity index (χ3v) is 7.12. The van der Waals surface area contributed by atoms with Crippen LogP contribution in [0.4, 0.5) is 0 Å². The molecule has 0 saturated heterocycles. The zero-order valence-corrected chi connectivity index (χ0v) is 23.9. The minimum atomic E-state index is -0.915. The molecular weight excluding hydrogens is 468 g/mol. The number of carboxylic acid groups (broad SMARTS) is 1. The van der Waals surface area contributed by atoms with Crippen LogP contribution in [0.3, 0.4) is 0 Å². The lowest BCUT2D eigenvalue weighted by atomic mass is 9.86. The molecular formula is C31H48O6. The third kappa shape index (κ3) is 12.0. The first-order chi connectivity index (χ1) is 17.4. The topological polar surface area (TPSA) is 89.9 Å². The van der Waals surface area contributed by atoms with Crippen LogP contribution >= 0.6 is 0 Å². The Morgan fingerprint density at radius 3 is 1.59 bits per heavy atom. The highest BCUT2D eigenvalue weighted by Crippen LogP contribution is 2.28. The molecule has 6 nitrogen and oxygen atoms in total. The molecule has 0 fully saturated rings. The standard InChI is InChI=1S/C31H48O6/c1-30(2,28(34)36-5)22-14-10-7-8-12-16-24(25-18-20-26(21-19-25)27(32)33)17-13-9-11-15-23-31(3,4)29(35)37-6/h16,18-21H,7-15,17,22-23H2,1-6H3,(H,32,33)/b24-16+. The smallest absolute Gasteiger partial charge is 0.335 e. The predicted octanol–water partition coefficient (Wildman–Crippen LogP) is 7.85. The normalized spacial score (nSPS) is 12.3. The van der Waals surface area contributed by atoms with Crippen molar-refractivity contribution in [3.63, 3.8) is 0 Å². The van der Waals surface area contributed by atoms with Crippen LogP contribution in [0.2, 0.25) is 0 Å². The first-order valence-corrected chi connectivity index (χ1v) is 13.6. The van der Waals surface area contributed by atoms with Crippen LogP contribution in [0.1, 0.15) is 121 Å². The van der Waals surface area contributed by atoms with Crippen molar-refractivity contribution < 1.29 is 29.0 Å². The Morgan fingerprint density at radius 2 is 1.14 bits per heavy atom. The number of allylic oxidation sites excluding steroid dienone is 2. The summed E-state index contributed by atoms with van der Waals surface area (Å²) >= 11 is 0. The second-order valence-electron chi connectivity index (χ2n) is 11.2. The summed E-state index contributed by atoms with van der Waals surface area (Å²) < 4.78 is 9.78. The van der Waals surface area contributed by atoms with E-state index >= 15 is 0 Å². The van der Waals surface area contributed by atoms with Crippen LogP contribution in [0.5, 0.6) is 0 Å².